The third-order valence-corrected chi connectivity index (χ3v) is 7.65. The fourth-order valence-electron chi connectivity index (χ4n) is 2.93. The van der Waals surface area contributed by atoms with E-state index in [1.165, 1.54) is 10.8 Å². The third kappa shape index (κ3) is 7.52. The minimum Gasteiger partial charge on any atom is -0.368 e. The smallest absolute Gasteiger partial charge is 0.235 e. The monoisotopic (exact) mass is 474 g/mol. The van der Waals surface area contributed by atoms with E-state index >= 15 is 0 Å². The molecule has 0 spiro atoms. The van der Waals surface area contributed by atoms with Gasteiger partial charge < -0.3 is 10.6 Å². The number of hydrogen-bond acceptors (Lipinski definition) is 8. The van der Waals surface area contributed by atoms with Crippen molar-refractivity contribution >= 4 is 66.3 Å². The van der Waals surface area contributed by atoms with E-state index in [1.807, 2.05) is 29.6 Å². The standard InChI is InChI=1S/C22H26N4O2S3/c1-2-3-4-8-19(27)16-6-5-7-17(13-16)26-20(28)14-31-30-12-10-23-22-21-18(9-11-29-21)24-15-25-22/h5-7,9,11,13,15H,2-4,8,10,12,14H2,1H3,(H,26,28)(H,23,24,25). The van der Waals surface area contributed by atoms with Crippen molar-refractivity contribution in [3.63, 3.8) is 0 Å². The molecule has 6 nitrogen and oxygen atoms in total. The first-order chi connectivity index (χ1) is 15.2. The fraction of sp³-hybridized carbons (Fsp3) is 0.364. The van der Waals surface area contributed by atoms with Crippen molar-refractivity contribution in [2.75, 3.05) is 28.7 Å². The molecular weight excluding hydrogens is 448 g/mol. The van der Waals surface area contributed by atoms with Crippen molar-refractivity contribution in [3.05, 3.63) is 47.6 Å². The van der Waals surface area contributed by atoms with Gasteiger partial charge in [-0.05, 0) is 30.0 Å². The van der Waals surface area contributed by atoms with Crippen LogP contribution in [-0.2, 0) is 4.79 Å². The molecule has 2 heterocycles. The van der Waals surface area contributed by atoms with Gasteiger partial charge in [0.05, 0.1) is 16.0 Å². The summed E-state index contributed by atoms with van der Waals surface area (Å²) in [6.45, 7) is 2.87. The van der Waals surface area contributed by atoms with Crippen LogP contribution in [0.1, 0.15) is 43.0 Å². The number of rotatable bonds is 13. The zero-order valence-corrected chi connectivity index (χ0v) is 19.9. The average Bonchev–Trinajstić information content (AvgIpc) is 3.26. The van der Waals surface area contributed by atoms with Crippen molar-refractivity contribution in [1.82, 2.24) is 9.97 Å². The molecule has 0 unspecified atom stereocenters. The predicted octanol–water partition coefficient (Wildman–Crippen LogP) is 5.89. The number of anilines is 2. The molecule has 0 atom stereocenters. The summed E-state index contributed by atoms with van der Waals surface area (Å²) < 4.78 is 1.06. The van der Waals surface area contributed by atoms with E-state index in [2.05, 4.69) is 27.5 Å². The van der Waals surface area contributed by atoms with Gasteiger partial charge in [-0.15, -0.1) is 11.3 Å². The predicted molar refractivity (Wildman–Crippen MR) is 134 cm³/mol. The van der Waals surface area contributed by atoms with Gasteiger partial charge in [-0.3, -0.25) is 9.59 Å². The number of ketones is 1. The Kier molecular flexibility index (Phi) is 9.64. The van der Waals surface area contributed by atoms with E-state index in [-0.39, 0.29) is 11.7 Å². The molecule has 3 rings (SSSR count). The molecule has 0 bridgehead atoms. The number of nitrogens with one attached hydrogen (secondary N) is 2. The first-order valence-electron chi connectivity index (χ1n) is 10.3. The van der Waals surface area contributed by atoms with Gasteiger partial charge in [0.15, 0.2) is 5.78 Å². The minimum absolute atomic E-state index is 0.0721. The Labute approximate surface area is 194 Å². The Balaban J connectivity index is 1.34. The third-order valence-electron chi connectivity index (χ3n) is 4.47. The van der Waals surface area contributed by atoms with E-state index in [9.17, 15) is 9.59 Å². The number of benzene rings is 1. The van der Waals surface area contributed by atoms with Crippen LogP contribution in [0.15, 0.2) is 42.0 Å². The molecule has 1 aromatic carbocycles. The van der Waals surface area contributed by atoms with Crippen molar-refractivity contribution in [2.24, 2.45) is 0 Å². The quantitative estimate of drug-likeness (QED) is 0.182. The van der Waals surface area contributed by atoms with Crippen LogP contribution >= 0.6 is 32.9 Å². The van der Waals surface area contributed by atoms with Gasteiger partial charge in [-0.2, -0.15) is 0 Å². The fourth-order valence-corrected chi connectivity index (χ4v) is 5.48. The van der Waals surface area contributed by atoms with Crippen LogP contribution in [0.3, 0.4) is 0 Å². The van der Waals surface area contributed by atoms with E-state index in [0.29, 0.717) is 23.4 Å². The Bertz CT molecular complexity index is 1010. The molecule has 0 aliphatic rings. The van der Waals surface area contributed by atoms with Crippen LogP contribution in [0.5, 0.6) is 0 Å². The average molecular weight is 475 g/mol. The molecule has 2 aromatic heterocycles. The summed E-state index contributed by atoms with van der Waals surface area (Å²) in [5.74, 6) is 2.11. The number of carbonyl (C=O) groups excluding carboxylic acids is 2. The summed E-state index contributed by atoms with van der Waals surface area (Å²) in [4.78, 5) is 33.0. The zero-order chi connectivity index (χ0) is 21.9. The molecule has 0 aliphatic carbocycles. The second kappa shape index (κ2) is 12.7. The van der Waals surface area contributed by atoms with Crippen LogP contribution in [0, 0.1) is 0 Å². The number of amides is 1. The van der Waals surface area contributed by atoms with Gasteiger partial charge >= 0.3 is 0 Å². The molecule has 0 radical (unpaired) electrons. The lowest BCUT2D eigenvalue weighted by Crippen LogP contribution is -2.14. The summed E-state index contributed by atoms with van der Waals surface area (Å²) in [6.07, 6.45) is 5.18. The van der Waals surface area contributed by atoms with Gasteiger partial charge in [0.2, 0.25) is 5.91 Å². The molecule has 0 saturated carbocycles. The zero-order valence-electron chi connectivity index (χ0n) is 17.4. The molecule has 1 amide bonds. The van der Waals surface area contributed by atoms with Crippen LogP contribution in [0.25, 0.3) is 10.2 Å². The lowest BCUT2D eigenvalue weighted by Gasteiger charge is -2.08. The summed E-state index contributed by atoms with van der Waals surface area (Å²) >= 11 is 1.62. The number of carbonyl (C=O) groups is 2. The van der Waals surface area contributed by atoms with Crippen LogP contribution in [0.2, 0.25) is 0 Å². The number of nitrogens with zero attached hydrogens (tertiary/aromatic N) is 2. The van der Waals surface area contributed by atoms with E-state index in [1.54, 1.807) is 34.5 Å². The number of Topliss-reactive ketones (excluding diaryl/α,β-unsaturated/α-hetero) is 1. The number of thiophene rings is 1. The van der Waals surface area contributed by atoms with E-state index in [0.717, 1.165) is 47.6 Å². The van der Waals surface area contributed by atoms with Crippen molar-refractivity contribution < 1.29 is 9.59 Å². The van der Waals surface area contributed by atoms with Gasteiger partial charge in [0.1, 0.15) is 12.1 Å². The highest BCUT2D eigenvalue weighted by Crippen LogP contribution is 2.26. The van der Waals surface area contributed by atoms with E-state index in [4.69, 9.17) is 0 Å². The number of aromatic nitrogens is 2. The van der Waals surface area contributed by atoms with Crippen molar-refractivity contribution in [1.29, 1.82) is 0 Å². The number of fused-ring (bicyclic) bond motifs is 1. The van der Waals surface area contributed by atoms with Crippen molar-refractivity contribution in [3.8, 4) is 0 Å². The Hall–Kier alpha value is -2.10. The lowest BCUT2D eigenvalue weighted by molar-refractivity contribution is -0.113. The number of hydrogen-bond donors (Lipinski definition) is 2. The Morgan fingerprint density at radius 1 is 1.13 bits per heavy atom. The highest BCUT2D eigenvalue weighted by Gasteiger charge is 2.09. The summed E-state index contributed by atoms with van der Waals surface area (Å²) in [6, 6.07) is 9.18. The van der Waals surface area contributed by atoms with Crippen LogP contribution in [-0.4, -0.2) is 39.7 Å². The molecule has 2 N–H and O–H groups in total. The van der Waals surface area contributed by atoms with Gasteiger partial charge in [-0.25, -0.2) is 9.97 Å². The first kappa shape index (κ1) is 23.6. The molecule has 9 heteroatoms. The maximum Gasteiger partial charge on any atom is 0.235 e. The largest absolute Gasteiger partial charge is 0.368 e. The van der Waals surface area contributed by atoms with Crippen molar-refractivity contribution in [2.45, 2.75) is 32.6 Å². The first-order valence-corrected chi connectivity index (χ1v) is 13.6. The summed E-state index contributed by atoms with van der Waals surface area (Å²) in [5, 5.41) is 8.22. The Morgan fingerprint density at radius 2 is 2.03 bits per heavy atom. The van der Waals surface area contributed by atoms with Gasteiger partial charge in [0.25, 0.3) is 0 Å². The second-order valence-electron chi connectivity index (χ2n) is 6.88. The topological polar surface area (TPSA) is 84.0 Å². The molecule has 31 heavy (non-hydrogen) atoms. The molecular formula is C22H26N4O2S3. The summed E-state index contributed by atoms with van der Waals surface area (Å²) in [5.41, 5.74) is 2.28. The van der Waals surface area contributed by atoms with E-state index < -0.39 is 0 Å². The maximum atomic E-state index is 12.3. The SMILES string of the molecule is CCCCCC(=O)c1cccc(NC(=O)CSSCCNc2ncnc3ccsc23)c1. The normalized spacial score (nSPS) is 10.9. The summed E-state index contributed by atoms with van der Waals surface area (Å²) in [7, 11) is 3.15. The Morgan fingerprint density at radius 3 is 2.90 bits per heavy atom. The second-order valence-corrected chi connectivity index (χ2v) is 10.4. The molecule has 0 aliphatic heterocycles. The lowest BCUT2D eigenvalue weighted by atomic mass is 10.0. The van der Waals surface area contributed by atoms with Crippen LogP contribution in [0.4, 0.5) is 11.5 Å². The minimum atomic E-state index is -0.0721. The number of unbranched alkanes of at least 4 members (excludes halogenated alkanes) is 2. The molecule has 0 saturated heterocycles. The van der Waals surface area contributed by atoms with Gasteiger partial charge in [0, 0.05) is 30.0 Å². The highest BCUT2D eigenvalue weighted by molar-refractivity contribution is 8.76. The van der Waals surface area contributed by atoms with Crippen LogP contribution < -0.4 is 10.6 Å². The van der Waals surface area contributed by atoms with Gasteiger partial charge in [-0.1, -0.05) is 53.5 Å². The molecule has 164 valence electrons. The molecule has 0 fully saturated rings. The highest BCUT2D eigenvalue weighted by atomic mass is 33.1. The maximum absolute atomic E-state index is 12.3. The molecule has 3 aromatic rings.